The fourth-order valence-corrected chi connectivity index (χ4v) is 3.62. The summed E-state index contributed by atoms with van der Waals surface area (Å²) < 4.78 is 13.0. The first-order chi connectivity index (χ1) is 11.0. The first-order valence-corrected chi connectivity index (χ1v) is 8.30. The predicted molar refractivity (Wildman–Crippen MR) is 85.8 cm³/mol. The number of hydrogen-bond acceptors (Lipinski definition) is 5. The third-order valence-electron chi connectivity index (χ3n) is 5.00. The lowest BCUT2D eigenvalue weighted by Crippen LogP contribution is -2.56. The molecule has 23 heavy (non-hydrogen) atoms. The number of anilines is 1. The molecule has 0 aliphatic carbocycles. The third-order valence-corrected chi connectivity index (χ3v) is 5.00. The summed E-state index contributed by atoms with van der Waals surface area (Å²) in [6, 6.07) is 6.61. The Kier molecular flexibility index (Phi) is 5.16. The summed E-state index contributed by atoms with van der Waals surface area (Å²) in [4.78, 5) is 4.31. The summed E-state index contributed by atoms with van der Waals surface area (Å²) in [6.07, 6.45) is -0.728. The Morgan fingerprint density at radius 3 is 2.09 bits per heavy atom. The van der Waals surface area contributed by atoms with Crippen LogP contribution < -0.4 is 4.90 Å². The minimum atomic E-state index is -1.04. The smallest absolute Gasteiger partial charge is 0.123 e. The van der Waals surface area contributed by atoms with Gasteiger partial charge in [0.15, 0.2) is 0 Å². The van der Waals surface area contributed by atoms with E-state index in [1.54, 1.807) is 0 Å². The highest BCUT2D eigenvalue weighted by Crippen LogP contribution is 2.25. The van der Waals surface area contributed by atoms with Crippen molar-refractivity contribution in [2.75, 3.05) is 37.6 Å². The van der Waals surface area contributed by atoms with Gasteiger partial charge in [0.25, 0.3) is 0 Å². The Labute approximate surface area is 136 Å². The molecule has 1 aromatic rings. The molecule has 0 radical (unpaired) electrons. The Morgan fingerprint density at radius 1 is 0.957 bits per heavy atom. The molecule has 2 heterocycles. The molecule has 0 bridgehead atoms. The molecule has 1 aromatic carbocycles. The molecular formula is C17H25FN2O3. The third kappa shape index (κ3) is 4.01. The number of benzene rings is 1. The molecule has 0 spiro atoms. The summed E-state index contributed by atoms with van der Waals surface area (Å²) in [7, 11) is 0. The molecule has 5 nitrogen and oxygen atoms in total. The highest BCUT2D eigenvalue weighted by atomic mass is 19.1. The van der Waals surface area contributed by atoms with Crippen molar-refractivity contribution in [3.8, 4) is 0 Å². The standard InChI is InChI=1S/C17H25FN2O3/c18-13-1-3-14(4-2-13)20-7-5-12(6-8-20)9-19-10-15(21)17(23)16(22)11-19/h1-4,12,15-17,21-23H,5-11H2. The van der Waals surface area contributed by atoms with Crippen LogP contribution in [0.1, 0.15) is 12.8 Å². The zero-order valence-corrected chi connectivity index (χ0v) is 13.2. The van der Waals surface area contributed by atoms with E-state index in [0.717, 1.165) is 38.2 Å². The van der Waals surface area contributed by atoms with E-state index in [9.17, 15) is 19.7 Å². The van der Waals surface area contributed by atoms with Gasteiger partial charge < -0.3 is 20.2 Å². The highest BCUT2D eigenvalue weighted by Gasteiger charge is 2.34. The van der Waals surface area contributed by atoms with Gasteiger partial charge in [-0.25, -0.2) is 4.39 Å². The van der Waals surface area contributed by atoms with Crippen LogP contribution >= 0.6 is 0 Å². The van der Waals surface area contributed by atoms with Crippen molar-refractivity contribution >= 4 is 5.69 Å². The molecule has 3 rings (SSSR count). The number of aliphatic hydroxyl groups excluding tert-OH is 3. The lowest BCUT2D eigenvalue weighted by molar-refractivity contribution is -0.112. The van der Waals surface area contributed by atoms with Gasteiger partial charge in [0.05, 0.1) is 12.2 Å². The second-order valence-corrected chi connectivity index (χ2v) is 6.75. The number of rotatable bonds is 3. The Bertz CT molecular complexity index is 493. The van der Waals surface area contributed by atoms with Crippen LogP contribution in [0.3, 0.4) is 0 Å². The molecule has 0 amide bonds. The minimum Gasteiger partial charge on any atom is -0.389 e. The van der Waals surface area contributed by atoms with Crippen molar-refractivity contribution < 1.29 is 19.7 Å². The highest BCUT2D eigenvalue weighted by molar-refractivity contribution is 5.46. The average molecular weight is 324 g/mol. The first-order valence-electron chi connectivity index (χ1n) is 8.30. The van der Waals surface area contributed by atoms with E-state index in [4.69, 9.17) is 0 Å². The van der Waals surface area contributed by atoms with Crippen molar-refractivity contribution in [2.45, 2.75) is 31.2 Å². The molecule has 0 saturated carbocycles. The van der Waals surface area contributed by atoms with Crippen LogP contribution in [0.5, 0.6) is 0 Å². The average Bonchev–Trinajstić information content (AvgIpc) is 2.54. The molecule has 3 N–H and O–H groups in total. The monoisotopic (exact) mass is 324 g/mol. The van der Waals surface area contributed by atoms with Crippen LogP contribution in [0, 0.1) is 11.7 Å². The lowest BCUT2D eigenvalue weighted by atomic mass is 9.93. The van der Waals surface area contributed by atoms with E-state index in [1.165, 1.54) is 12.1 Å². The second-order valence-electron chi connectivity index (χ2n) is 6.75. The second kappa shape index (κ2) is 7.13. The summed E-state index contributed by atoms with van der Waals surface area (Å²) in [6.45, 7) is 3.51. The van der Waals surface area contributed by atoms with Crippen LogP contribution in [0.2, 0.25) is 0 Å². The Hall–Kier alpha value is -1.21. The molecule has 0 aromatic heterocycles. The normalized spacial score (nSPS) is 30.6. The van der Waals surface area contributed by atoms with E-state index in [-0.39, 0.29) is 5.82 Å². The minimum absolute atomic E-state index is 0.215. The molecule has 2 aliphatic rings. The van der Waals surface area contributed by atoms with E-state index in [2.05, 4.69) is 4.90 Å². The van der Waals surface area contributed by atoms with Crippen molar-refractivity contribution in [2.24, 2.45) is 5.92 Å². The van der Waals surface area contributed by atoms with Gasteiger partial charge in [0.2, 0.25) is 0 Å². The maximum Gasteiger partial charge on any atom is 0.123 e. The first kappa shape index (κ1) is 16.6. The van der Waals surface area contributed by atoms with E-state index in [0.29, 0.717) is 19.0 Å². The van der Waals surface area contributed by atoms with Crippen molar-refractivity contribution in [1.29, 1.82) is 0 Å². The Morgan fingerprint density at radius 2 is 1.52 bits per heavy atom. The van der Waals surface area contributed by atoms with Gasteiger partial charge in [0, 0.05) is 38.4 Å². The zero-order chi connectivity index (χ0) is 16.4. The maximum atomic E-state index is 13.0. The van der Waals surface area contributed by atoms with Gasteiger partial charge in [-0.3, -0.25) is 4.90 Å². The van der Waals surface area contributed by atoms with Crippen molar-refractivity contribution in [3.63, 3.8) is 0 Å². The zero-order valence-electron chi connectivity index (χ0n) is 13.2. The lowest BCUT2D eigenvalue weighted by Gasteiger charge is -2.40. The molecule has 2 aliphatic heterocycles. The number of likely N-dealkylation sites (tertiary alicyclic amines) is 1. The fourth-order valence-electron chi connectivity index (χ4n) is 3.62. The molecule has 2 atom stereocenters. The number of nitrogens with zero attached hydrogens (tertiary/aromatic N) is 2. The van der Waals surface area contributed by atoms with E-state index < -0.39 is 18.3 Å². The van der Waals surface area contributed by atoms with Crippen LogP contribution in [0.4, 0.5) is 10.1 Å². The molecule has 2 fully saturated rings. The summed E-state index contributed by atoms with van der Waals surface area (Å²) in [5.74, 6) is 0.300. The van der Waals surface area contributed by atoms with Crippen LogP contribution in [0.15, 0.2) is 24.3 Å². The van der Waals surface area contributed by atoms with Gasteiger partial charge >= 0.3 is 0 Å². The van der Waals surface area contributed by atoms with Gasteiger partial charge in [-0.05, 0) is 43.0 Å². The molecule has 2 unspecified atom stereocenters. The Balaban J connectivity index is 1.48. The number of β-amino-alcohol motifs (C(OH)–C–C–N with tert-alkyl or cyclic N) is 2. The van der Waals surface area contributed by atoms with E-state index >= 15 is 0 Å². The summed E-state index contributed by atoms with van der Waals surface area (Å²) in [5, 5.41) is 29.1. The number of hydrogen-bond donors (Lipinski definition) is 3. The fraction of sp³-hybridized carbons (Fsp3) is 0.647. The summed E-state index contributed by atoms with van der Waals surface area (Å²) in [5.41, 5.74) is 1.05. The maximum absolute atomic E-state index is 13.0. The van der Waals surface area contributed by atoms with E-state index in [1.807, 2.05) is 17.0 Å². The van der Waals surface area contributed by atoms with Crippen molar-refractivity contribution in [1.82, 2.24) is 4.90 Å². The molecule has 6 heteroatoms. The van der Waals surface area contributed by atoms with Gasteiger partial charge in [-0.2, -0.15) is 0 Å². The number of aliphatic hydroxyl groups is 3. The van der Waals surface area contributed by atoms with Crippen molar-refractivity contribution in [3.05, 3.63) is 30.1 Å². The number of piperidine rings is 2. The number of halogens is 1. The van der Waals surface area contributed by atoms with Gasteiger partial charge in [0.1, 0.15) is 11.9 Å². The SMILES string of the molecule is OC1CN(CC2CCN(c3ccc(F)cc3)CC2)CC(O)C1O. The molecular weight excluding hydrogens is 299 g/mol. The quantitative estimate of drug-likeness (QED) is 0.753. The molecule has 128 valence electrons. The molecule has 2 saturated heterocycles. The van der Waals surface area contributed by atoms with Gasteiger partial charge in [-0.15, -0.1) is 0 Å². The summed E-state index contributed by atoms with van der Waals surface area (Å²) >= 11 is 0. The largest absolute Gasteiger partial charge is 0.389 e. The topological polar surface area (TPSA) is 67.2 Å². The van der Waals surface area contributed by atoms with Crippen LogP contribution in [-0.4, -0.2) is 71.3 Å². The van der Waals surface area contributed by atoms with Gasteiger partial charge in [-0.1, -0.05) is 0 Å². The van der Waals surface area contributed by atoms with Crippen LogP contribution in [-0.2, 0) is 0 Å². The predicted octanol–water partition coefficient (Wildman–Crippen LogP) is 0.440. The van der Waals surface area contributed by atoms with Crippen LogP contribution in [0.25, 0.3) is 0 Å².